The molecule has 0 saturated heterocycles. The molecule has 0 aliphatic heterocycles. The van der Waals surface area contributed by atoms with Crippen LogP contribution >= 0.6 is 34.8 Å². The van der Waals surface area contributed by atoms with Crippen LogP contribution in [0.4, 0.5) is 0 Å². The van der Waals surface area contributed by atoms with Gasteiger partial charge in [0.15, 0.2) is 6.61 Å². The molecule has 1 N–H and O–H groups in total. The fraction of sp³-hybridized carbons (Fsp3) is 0.222. The molecule has 2 heterocycles. The van der Waals surface area contributed by atoms with Gasteiger partial charge in [-0.3, -0.25) is 0 Å². The smallest absolute Gasteiger partial charge is 0.371 e. The van der Waals surface area contributed by atoms with Crippen molar-refractivity contribution in [2.45, 2.75) is 38.9 Å². The van der Waals surface area contributed by atoms with Gasteiger partial charge in [0.1, 0.15) is 29.6 Å². The zero-order chi connectivity index (χ0) is 26.8. The van der Waals surface area contributed by atoms with E-state index < -0.39 is 5.97 Å². The number of rotatable bonds is 10. The summed E-state index contributed by atoms with van der Waals surface area (Å²) in [5.74, 6) is 0.653. The molecule has 0 radical (unpaired) electrons. The van der Waals surface area contributed by atoms with Crippen LogP contribution in [0.5, 0.6) is 5.75 Å². The normalized spacial score (nSPS) is 13.5. The highest BCUT2D eigenvalue weighted by molar-refractivity contribution is 6.39. The molecule has 1 aliphatic carbocycles. The topological polar surface area (TPSA) is 107 Å². The monoisotopic (exact) mass is 574 g/mol. The summed E-state index contributed by atoms with van der Waals surface area (Å²) >= 11 is 19.4. The molecule has 2 aromatic heterocycles. The van der Waals surface area contributed by atoms with Crippen LogP contribution in [-0.2, 0) is 18.1 Å². The van der Waals surface area contributed by atoms with Gasteiger partial charge in [0, 0.05) is 17.0 Å². The van der Waals surface area contributed by atoms with Crippen molar-refractivity contribution in [2.75, 3.05) is 0 Å². The number of halogens is 3. The molecule has 2 aromatic carbocycles. The third kappa shape index (κ3) is 5.67. The molecule has 196 valence electrons. The Morgan fingerprint density at radius 3 is 2.50 bits per heavy atom. The van der Waals surface area contributed by atoms with Gasteiger partial charge in [-0.2, -0.15) is 0 Å². The van der Waals surface area contributed by atoms with Crippen LogP contribution in [0, 0.1) is 0 Å². The minimum Gasteiger partial charge on any atom is -0.489 e. The molecule has 0 amide bonds. The Hall–Kier alpha value is -3.46. The van der Waals surface area contributed by atoms with Crippen molar-refractivity contribution >= 4 is 46.5 Å². The third-order valence-corrected chi connectivity index (χ3v) is 6.90. The van der Waals surface area contributed by atoms with E-state index in [1.807, 2.05) is 0 Å². The van der Waals surface area contributed by atoms with Crippen LogP contribution in [0.3, 0.4) is 0 Å². The van der Waals surface area contributed by atoms with E-state index in [1.54, 1.807) is 43.3 Å². The Morgan fingerprint density at radius 1 is 1.08 bits per heavy atom. The van der Waals surface area contributed by atoms with Crippen LogP contribution in [0.25, 0.3) is 11.3 Å². The maximum Gasteiger partial charge on any atom is 0.371 e. The van der Waals surface area contributed by atoms with Gasteiger partial charge in [0.25, 0.3) is 0 Å². The number of hydrogen-bond acceptors (Lipinski definition) is 7. The fourth-order valence-electron chi connectivity index (χ4n) is 3.90. The first-order valence-corrected chi connectivity index (χ1v) is 12.8. The molecule has 4 aromatic rings. The molecule has 11 heteroatoms. The highest BCUT2D eigenvalue weighted by atomic mass is 35.5. The second-order valence-electron chi connectivity index (χ2n) is 8.70. The number of ether oxygens (including phenoxy) is 1. The average Bonchev–Trinajstić information content (AvgIpc) is 3.46. The molecule has 0 unspecified atom stereocenters. The standard InChI is InChI=1S/C27H21Cl3N2O6/c1-14(31-36-12-17-8-10-23(37-17)27(33)34)18-9-7-16(11-22(18)30)35-13-19-25(32-38-26(19)15-5-6-15)24-20(28)3-2-4-21(24)29/h2-4,7-11,15H,5-6,12-13H2,1H3,(H,33,34)/b31-14+. The molecule has 1 saturated carbocycles. The van der Waals surface area contributed by atoms with E-state index in [1.165, 1.54) is 12.1 Å². The number of carbonyl (C=O) groups is 1. The predicted octanol–water partition coefficient (Wildman–Crippen LogP) is 7.99. The predicted molar refractivity (Wildman–Crippen MR) is 142 cm³/mol. The summed E-state index contributed by atoms with van der Waals surface area (Å²) < 4.78 is 16.9. The maximum absolute atomic E-state index is 10.9. The quantitative estimate of drug-likeness (QED) is 0.151. The van der Waals surface area contributed by atoms with Crippen LogP contribution < -0.4 is 4.74 Å². The largest absolute Gasteiger partial charge is 0.489 e. The second kappa shape index (κ2) is 11.1. The van der Waals surface area contributed by atoms with Crippen LogP contribution in [0.15, 0.2) is 62.6 Å². The highest BCUT2D eigenvalue weighted by Gasteiger charge is 2.33. The van der Waals surface area contributed by atoms with E-state index in [9.17, 15) is 4.79 Å². The Morgan fingerprint density at radius 2 is 1.84 bits per heavy atom. The van der Waals surface area contributed by atoms with Gasteiger partial charge in [-0.15, -0.1) is 0 Å². The van der Waals surface area contributed by atoms with Crippen molar-refractivity contribution < 1.29 is 28.4 Å². The van der Waals surface area contributed by atoms with Gasteiger partial charge < -0.3 is 23.6 Å². The van der Waals surface area contributed by atoms with Crippen LogP contribution in [0.1, 0.15) is 58.9 Å². The Balaban J connectivity index is 1.29. The SMILES string of the molecule is C/C(=N\OCc1ccc(C(=O)O)o1)c1ccc(OCc2c(-c3c(Cl)cccc3Cl)noc2C2CC2)cc1Cl. The molecule has 38 heavy (non-hydrogen) atoms. The lowest BCUT2D eigenvalue weighted by Crippen LogP contribution is -2.02. The van der Waals surface area contributed by atoms with Crippen molar-refractivity contribution in [3.8, 4) is 17.0 Å². The molecule has 8 nitrogen and oxygen atoms in total. The maximum atomic E-state index is 10.9. The number of aromatic nitrogens is 1. The summed E-state index contributed by atoms with van der Waals surface area (Å²) in [7, 11) is 0. The van der Waals surface area contributed by atoms with E-state index in [2.05, 4.69) is 10.3 Å². The number of carboxylic acid groups (broad SMARTS) is 1. The van der Waals surface area contributed by atoms with E-state index in [0.717, 1.165) is 24.2 Å². The lowest BCUT2D eigenvalue weighted by molar-refractivity contribution is 0.0649. The first-order valence-electron chi connectivity index (χ1n) is 11.7. The molecular formula is C27H21Cl3N2O6. The number of aromatic carboxylic acids is 1. The van der Waals surface area contributed by atoms with Crippen molar-refractivity contribution in [1.82, 2.24) is 5.16 Å². The molecule has 1 fully saturated rings. The zero-order valence-corrected chi connectivity index (χ0v) is 22.3. The Labute approximate surface area is 232 Å². The Bertz CT molecular complexity index is 1500. The lowest BCUT2D eigenvalue weighted by atomic mass is 10.0. The van der Waals surface area contributed by atoms with E-state index in [0.29, 0.717) is 55.0 Å². The summed E-state index contributed by atoms with van der Waals surface area (Å²) in [6, 6.07) is 13.4. The lowest BCUT2D eigenvalue weighted by Gasteiger charge is -2.11. The zero-order valence-electron chi connectivity index (χ0n) is 20.0. The van der Waals surface area contributed by atoms with Gasteiger partial charge in [0.2, 0.25) is 5.76 Å². The Kier molecular flexibility index (Phi) is 7.65. The molecule has 1 aliphatic rings. The average molecular weight is 576 g/mol. The molecule has 0 spiro atoms. The fourth-order valence-corrected chi connectivity index (χ4v) is 4.78. The van der Waals surface area contributed by atoms with Crippen molar-refractivity contribution in [1.29, 1.82) is 0 Å². The van der Waals surface area contributed by atoms with Gasteiger partial charge in [-0.1, -0.05) is 51.2 Å². The number of oxime groups is 1. The number of carboxylic acids is 1. The van der Waals surface area contributed by atoms with Gasteiger partial charge in [-0.25, -0.2) is 4.79 Å². The first-order chi connectivity index (χ1) is 18.3. The van der Waals surface area contributed by atoms with Crippen LogP contribution in [0.2, 0.25) is 15.1 Å². The number of hydrogen-bond donors (Lipinski definition) is 1. The third-order valence-electron chi connectivity index (χ3n) is 5.96. The number of furan rings is 1. The summed E-state index contributed by atoms with van der Waals surface area (Å²) in [4.78, 5) is 16.2. The number of benzene rings is 2. The van der Waals surface area contributed by atoms with E-state index in [-0.39, 0.29) is 19.0 Å². The van der Waals surface area contributed by atoms with Crippen molar-refractivity contribution in [3.05, 3.63) is 92.0 Å². The van der Waals surface area contributed by atoms with Gasteiger partial charge in [0.05, 0.1) is 26.3 Å². The molecule has 5 rings (SSSR count). The van der Waals surface area contributed by atoms with Crippen molar-refractivity contribution in [2.24, 2.45) is 5.16 Å². The highest BCUT2D eigenvalue weighted by Crippen LogP contribution is 2.46. The van der Waals surface area contributed by atoms with Gasteiger partial charge in [-0.05, 0) is 62.2 Å². The minimum atomic E-state index is -1.15. The molecule has 0 bridgehead atoms. The minimum absolute atomic E-state index is 0.0245. The summed E-state index contributed by atoms with van der Waals surface area (Å²) in [6.45, 7) is 1.91. The van der Waals surface area contributed by atoms with Gasteiger partial charge >= 0.3 is 5.97 Å². The van der Waals surface area contributed by atoms with Crippen LogP contribution in [-0.4, -0.2) is 21.9 Å². The van der Waals surface area contributed by atoms with E-state index >= 15 is 0 Å². The summed E-state index contributed by atoms with van der Waals surface area (Å²) in [5, 5.41) is 18.6. The first kappa shape index (κ1) is 26.2. The summed E-state index contributed by atoms with van der Waals surface area (Å²) in [5.41, 5.74) is 3.16. The molecule has 0 atom stereocenters. The van der Waals surface area contributed by atoms with E-state index in [4.69, 9.17) is 58.4 Å². The van der Waals surface area contributed by atoms with Crippen molar-refractivity contribution in [3.63, 3.8) is 0 Å². The summed E-state index contributed by atoms with van der Waals surface area (Å²) in [6.07, 6.45) is 2.06. The molecular weight excluding hydrogens is 555 g/mol. The number of nitrogens with zero attached hydrogens (tertiary/aromatic N) is 2. The second-order valence-corrected chi connectivity index (χ2v) is 9.92.